The molecule has 0 aromatic rings. The summed E-state index contributed by atoms with van der Waals surface area (Å²) >= 11 is 0. The maximum absolute atomic E-state index is 3.55. The molecule has 0 aliphatic heterocycles. The number of unbranched alkanes of at least 4 members (excludes halogenated alkanes) is 1. The second-order valence-electron chi connectivity index (χ2n) is 8.31. The van der Waals surface area contributed by atoms with Crippen molar-refractivity contribution < 1.29 is 0 Å². The first-order valence-corrected chi connectivity index (χ1v) is 9.56. The average Bonchev–Trinajstić information content (AvgIpc) is 2.43. The van der Waals surface area contributed by atoms with Crippen LogP contribution in [0.3, 0.4) is 0 Å². The largest absolute Gasteiger partial charge is 0.314 e. The molecule has 0 aliphatic carbocycles. The Balaban J connectivity index is 3.41. The van der Waals surface area contributed by atoms with Crippen molar-refractivity contribution in [2.45, 2.75) is 71.9 Å². The Morgan fingerprint density at radius 3 is 1.61 bits per heavy atom. The third-order valence-corrected chi connectivity index (χ3v) is 3.97. The molecule has 0 atom stereocenters. The highest BCUT2D eigenvalue weighted by Crippen LogP contribution is 2.00. The van der Waals surface area contributed by atoms with Gasteiger partial charge in [0.05, 0.1) is 0 Å². The Hall–Kier alpha value is -0.160. The quantitative estimate of drug-likeness (QED) is 0.480. The van der Waals surface area contributed by atoms with Crippen LogP contribution in [0.1, 0.15) is 60.3 Å². The summed E-state index contributed by atoms with van der Waals surface area (Å²) in [7, 11) is 4.50. The lowest BCUT2D eigenvalue weighted by molar-refractivity contribution is 0.284. The van der Waals surface area contributed by atoms with E-state index in [1.165, 1.54) is 51.9 Å². The fourth-order valence-electron chi connectivity index (χ4n) is 2.54. The summed E-state index contributed by atoms with van der Waals surface area (Å²) in [5.41, 5.74) is 0.244. The fourth-order valence-corrected chi connectivity index (χ4v) is 2.54. The summed E-state index contributed by atoms with van der Waals surface area (Å²) < 4.78 is 0. The van der Waals surface area contributed by atoms with Gasteiger partial charge in [-0.1, -0.05) is 13.8 Å². The Morgan fingerprint density at radius 2 is 1.17 bits per heavy atom. The minimum Gasteiger partial charge on any atom is -0.314 e. The molecular weight excluding hydrogens is 284 g/mol. The van der Waals surface area contributed by atoms with Gasteiger partial charge in [-0.15, -0.1) is 0 Å². The number of hydrogen-bond acceptors (Lipinski definition) is 4. The lowest BCUT2D eigenvalue weighted by atomic mass is 10.1. The van der Waals surface area contributed by atoms with Crippen LogP contribution in [-0.2, 0) is 0 Å². The predicted molar refractivity (Wildman–Crippen MR) is 104 cm³/mol. The molecular formula is C19H44N4. The second kappa shape index (κ2) is 13.2. The average molecular weight is 329 g/mol. The van der Waals surface area contributed by atoms with Crippen LogP contribution in [0.5, 0.6) is 0 Å². The lowest BCUT2D eigenvalue weighted by Gasteiger charge is -2.22. The molecule has 0 unspecified atom stereocenters. The van der Waals surface area contributed by atoms with Gasteiger partial charge in [-0.25, -0.2) is 0 Å². The predicted octanol–water partition coefficient (Wildman–Crippen LogP) is 2.80. The summed E-state index contributed by atoms with van der Waals surface area (Å²) in [6, 6.07) is 0.606. The van der Waals surface area contributed by atoms with Crippen molar-refractivity contribution in [1.29, 1.82) is 0 Å². The van der Waals surface area contributed by atoms with Crippen LogP contribution in [0.4, 0.5) is 0 Å². The molecule has 0 rings (SSSR count). The first kappa shape index (κ1) is 22.8. The van der Waals surface area contributed by atoms with Crippen molar-refractivity contribution in [2.75, 3.05) is 53.4 Å². The van der Waals surface area contributed by atoms with Crippen LogP contribution in [0, 0.1) is 0 Å². The summed E-state index contributed by atoms with van der Waals surface area (Å²) in [6.07, 6.45) is 5.09. The lowest BCUT2D eigenvalue weighted by Crippen LogP contribution is -2.37. The maximum atomic E-state index is 3.55. The smallest absolute Gasteiger partial charge is 0.00965 e. The summed E-state index contributed by atoms with van der Waals surface area (Å²) in [6.45, 7) is 18.2. The van der Waals surface area contributed by atoms with Gasteiger partial charge in [0, 0.05) is 11.6 Å². The fraction of sp³-hybridized carbons (Fsp3) is 1.00. The van der Waals surface area contributed by atoms with Crippen LogP contribution in [-0.4, -0.2) is 74.7 Å². The van der Waals surface area contributed by atoms with Crippen molar-refractivity contribution in [1.82, 2.24) is 20.4 Å². The first-order valence-electron chi connectivity index (χ1n) is 9.56. The second-order valence-corrected chi connectivity index (χ2v) is 8.31. The third kappa shape index (κ3) is 18.0. The van der Waals surface area contributed by atoms with E-state index in [0.29, 0.717) is 6.04 Å². The normalized spacial score (nSPS) is 12.8. The van der Waals surface area contributed by atoms with Gasteiger partial charge in [0.2, 0.25) is 0 Å². The van der Waals surface area contributed by atoms with E-state index in [2.05, 4.69) is 69.1 Å². The Morgan fingerprint density at radius 1 is 0.739 bits per heavy atom. The minimum atomic E-state index is 0.244. The molecule has 0 bridgehead atoms. The van der Waals surface area contributed by atoms with Crippen LogP contribution < -0.4 is 10.6 Å². The molecule has 0 radical (unpaired) electrons. The topological polar surface area (TPSA) is 30.5 Å². The molecule has 140 valence electrons. The molecule has 0 aliphatic rings. The van der Waals surface area contributed by atoms with E-state index >= 15 is 0 Å². The first-order chi connectivity index (χ1) is 10.7. The van der Waals surface area contributed by atoms with E-state index in [0.717, 1.165) is 13.1 Å². The number of nitrogens with zero attached hydrogens (tertiary/aromatic N) is 2. The van der Waals surface area contributed by atoms with Gasteiger partial charge in [-0.05, 0) is 99.8 Å². The molecule has 0 aromatic carbocycles. The molecule has 0 heterocycles. The number of hydrogen-bond donors (Lipinski definition) is 2. The third-order valence-electron chi connectivity index (χ3n) is 3.97. The van der Waals surface area contributed by atoms with Crippen LogP contribution in [0.25, 0.3) is 0 Å². The van der Waals surface area contributed by atoms with E-state index in [1.807, 2.05) is 0 Å². The highest BCUT2D eigenvalue weighted by atomic mass is 15.1. The molecule has 0 spiro atoms. The minimum absolute atomic E-state index is 0.244. The molecule has 2 N–H and O–H groups in total. The van der Waals surface area contributed by atoms with Crippen LogP contribution in [0.2, 0.25) is 0 Å². The zero-order valence-electron chi connectivity index (χ0n) is 17.0. The van der Waals surface area contributed by atoms with Crippen LogP contribution >= 0.6 is 0 Å². The van der Waals surface area contributed by atoms with Crippen molar-refractivity contribution in [2.24, 2.45) is 0 Å². The molecule has 0 saturated heterocycles. The maximum Gasteiger partial charge on any atom is 0.00965 e. The standard InChI is InChI=1S/C19H44N4/c1-18(2)20-12-10-16-22(6)14-8-9-15-23(7)17-11-13-21-19(3,4)5/h18,20-21H,8-17H2,1-7H3. The number of rotatable bonds is 14. The monoisotopic (exact) mass is 328 g/mol. The van der Waals surface area contributed by atoms with E-state index in [1.54, 1.807) is 0 Å². The van der Waals surface area contributed by atoms with Crippen molar-refractivity contribution in [3.05, 3.63) is 0 Å². The van der Waals surface area contributed by atoms with E-state index in [4.69, 9.17) is 0 Å². The van der Waals surface area contributed by atoms with Crippen molar-refractivity contribution >= 4 is 0 Å². The van der Waals surface area contributed by atoms with Crippen LogP contribution in [0.15, 0.2) is 0 Å². The van der Waals surface area contributed by atoms with Gasteiger partial charge < -0.3 is 20.4 Å². The van der Waals surface area contributed by atoms with E-state index in [9.17, 15) is 0 Å². The van der Waals surface area contributed by atoms with E-state index in [-0.39, 0.29) is 5.54 Å². The highest BCUT2D eigenvalue weighted by molar-refractivity contribution is 4.70. The van der Waals surface area contributed by atoms with E-state index < -0.39 is 0 Å². The van der Waals surface area contributed by atoms with Gasteiger partial charge in [-0.3, -0.25) is 0 Å². The molecule has 4 nitrogen and oxygen atoms in total. The molecule has 0 saturated carbocycles. The SMILES string of the molecule is CC(C)NCCCN(C)CCCCN(C)CCCNC(C)(C)C. The zero-order valence-corrected chi connectivity index (χ0v) is 17.0. The zero-order chi connectivity index (χ0) is 17.7. The van der Waals surface area contributed by atoms with Gasteiger partial charge in [-0.2, -0.15) is 0 Å². The van der Waals surface area contributed by atoms with Gasteiger partial charge >= 0.3 is 0 Å². The Bertz CT molecular complexity index is 261. The summed E-state index contributed by atoms with van der Waals surface area (Å²) in [4.78, 5) is 4.94. The molecule has 0 aromatic heterocycles. The van der Waals surface area contributed by atoms with Crippen molar-refractivity contribution in [3.63, 3.8) is 0 Å². The summed E-state index contributed by atoms with van der Waals surface area (Å²) in [5, 5.41) is 7.03. The highest BCUT2D eigenvalue weighted by Gasteiger charge is 2.07. The summed E-state index contributed by atoms with van der Waals surface area (Å²) in [5.74, 6) is 0. The Labute approximate surface area is 146 Å². The van der Waals surface area contributed by atoms with Gasteiger partial charge in [0.1, 0.15) is 0 Å². The molecule has 0 fully saturated rings. The number of nitrogens with one attached hydrogen (secondary N) is 2. The molecule has 0 amide bonds. The molecule has 23 heavy (non-hydrogen) atoms. The Kier molecular flexibility index (Phi) is 13.1. The van der Waals surface area contributed by atoms with Crippen molar-refractivity contribution in [3.8, 4) is 0 Å². The molecule has 4 heteroatoms. The van der Waals surface area contributed by atoms with Gasteiger partial charge in [0.25, 0.3) is 0 Å². The van der Waals surface area contributed by atoms with Gasteiger partial charge in [0.15, 0.2) is 0 Å².